The highest BCUT2D eigenvalue weighted by Gasteiger charge is 2.38. The molecule has 2 aliphatic heterocycles. The minimum Gasteiger partial charge on any atom is -0.467 e. The lowest BCUT2D eigenvalue weighted by Crippen LogP contribution is -2.42. The van der Waals surface area contributed by atoms with Gasteiger partial charge in [-0.05, 0) is 12.1 Å². The van der Waals surface area contributed by atoms with E-state index >= 15 is 0 Å². The summed E-state index contributed by atoms with van der Waals surface area (Å²) < 4.78 is 7.39. The zero-order valence-electron chi connectivity index (χ0n) is 14.2. The number of aryl methyl sites for hydroxylation is 1. The first-order chi connectivity index (χ1) is 12.2. The summed E-state index contributed by atoms with van der Waals surface area (Å²) >= 11 is 0. The Bertz CT molecular complexity index is 782. The maximum absolute atomic E-state index is 12.8. The van der Waals surface area contributed by atoms with Crippen molar-refractivity contribution in [2.24, 2.45) is 5.92 Å². The van der Waals surface area contributed by atoms with Crippen molar-refractivity contribution >= 4 is 11.8 Å². The minimum atomic E-state index is -0.289. The summed E-state index contributed by atoms with van der Waals surface area (Å²) in [6.45, 7) is 4.74. The molecule has 2 aliphatic rings. The van der Waals surface area contributed by atoms with E-state index in [1.807, 2.05) is 13.0 Å². The smallest absolute Gasteiger partial charge is 0.228 e. The van der Waals surface area contributed by atoms with Gasteiger partial charge in [0.25, 0.3) is 0 Å². The molecule has 1 atom stereocenters. The van der Waals surface area contributed by atoms with Gasteiger partial charge in [0.05, 0.1) is 25.3 Å². The third kappa shape index (κ3) is 2.92. The second kappa shape index (κ2) is 6.34. The van der Waals surface area contributed by atoms with Crippen molar-refractivity contribution in [3.63, 3.8) is 0 Å². The molecule has 2 aromatic heterocycles. The summed E-state index contributed by atoms with van der Waals surface area (Å²) in [7, 11) is 0. The molecule has 8 heteroatoms. The van der Waals surface area contributed by atoms with Gasteiger partial charge in [0.2, 0.25) is 11.8 Å². The second-order valence-corrected chi connectivity index (χ2v) is 6.55. The van der Waals surface area contributed by atoms with E-state index in [4.69, 9.17) is 4.42 Å². The fourth-order valence-corrected chi connectivity index (χ4v) is 3.61. The molecule has 0 aromatic carbocycles. The van der Waals surface area contributed by atoms with Crippen molar-refractivity contribution in [1.82, 2.24) is 24.6 Å². The fraction of sp³-hybridized carbons (Fsp3) is 0.529. The third-order valence-corrected chi connectivity index (χ3v) is 4.95. The summed E-state index contributed by atoms with van der Waals surface area (Å²) in [5.41, 5.74) is 0. The minimum absolute atomic E-state index is 0.00296. The average molecular weight is 343 g/mol. The molecule has 0 aliphatic carbocycles. The van der Waals surface area contributed by atoms with Crippen molar-refractivity contribution in [3.8, 4) is 0 Å². The number of hydrogen-bond acceptors (Lipinski definition) is 5. The Hall–Kier alpha value is -2.64. The number of amides is 2. The fourth-order valence-electron chi connectivity index (χ4n) is 3.61. The monoisotopic (exact) mass is 343 g/mol. The number of furan rings is 1. The molecule has 0 radical (unpaired) electrons. The number of likely N-dealkylation sites (tertiary alicyclic amines) is 1. The number of carbonyl (C=O) groups is 2. The van der Waals surface area contributed by atoms with Crippen LogP contribution in [0.2, 0.25) is 0 Å². The van der Waals surface area contributed by atoms with Gasteiger partial charge < -0.3 is 18.8 Å². The first kappa shape index (κ1) is 15.9. The van der Waals surface area contributed by atoms with Crippen molar-refractivity contribution in [3.05, 3.63) is 35.8 Å². The van der Waals surface area contributed by atoms with E-state index in [9.17, 15) is 9.59 Å². The van der Waals surface area contributed by atoms with Crippen LogP contribution >= 0.6 is 0 Å². The van der Waals surface area contributed by atoms with Gasteiger partial charge in [-0.25, -0.2) is 0 Å². The Labute approximate surface area is 145 Å². The summed E-state index contributed by atoms with van der Waals surface area (Å²) in [5, 5.41) is 8.37. The van der Waals surface area contributed by atoms with Gasteiger partial charge in [0, 0.05) is 32.5 Å². The lowest BCUT2D eigenvalue weighted by atomic mass is 10.1. The zero-order valence-corrected chi connectivity index (χ0v) is 14.2. The molecule has 1 saturated heterocycles. The third-order valence-electron chi connectivity index (χ3n) is 4.95. The van der Waals surface area contributed by atoms with Crippen molar-refractivity contribution in [1.29, 1.82) is 0 Å². The molecule has 1 fully saturated rings. The lowest BCUT2D eigenvalue weighted by Gasteiger charge is -2.29. The van der Waals surface area contributed by atoms with Crippen molar-refractivity contribution < 1.29 is 14.0 Å². The van der Waals surface area contributed by atoms with Crippen LogP contribution in [0.15, 0.2) is 22.8 Å². The molecule has 0 N–H and O–H groups in total. The Morgan fingerprint density at radius 2 is 2.24 bits per heavy atom. The molecule has 0 unspecified atom stereocenters. The van der Waals surface area contributed by atoms with Crippen LogP contribution in [0.4, 0.5) is 0 Å². The van der Waals surface area contributed by atoms with Gasteiger partial charge >= 0.3 is 0 Å². The molecular weight excluding hydrogens is 322 g/mol. The number of hydrogen-bond donors (Lipinski definition) is 0. The van der Waals surface area contributed by atoms with E-state index in [2.05, 4.69) is 14.8 Å². The van der Waals surface area contributed by atoms with Crippen LogP contribution in [0.3, 0.4) is 0 Å². The normalized spacial score (nSPS) is 20.2. The number of rotatable bonds is 4. The maximum atomic E-state index is 12.8. The molecule has 8 nitrogen and oxygen atoms in total. The summed E-state index contributed by atoms with van der Waals surface area (Å²) in [4.78, 5) is 28.6. The van der Waals surface area contributed by atoms with E-state index in [1.54, 1.807) is 22.1 Å². The molecule has 132 valence electrons. The highest BCUT2D eigenvalue weighted by atomic mass is 16.3. The molecule has 0 saturated carbocycles. The molecule has 2 amide bonds. The number of nitrogens with zero attached hydrogens (tertiary/aromatic N) is 5. The summed E-state index contributed by atoms with van der Waals surface area (Å²) in [6.07, 6.45) is 2.69. The predicted molar refractivity (Wildman–Crippen MR) is 87.0 cm³/mol. The Balaban J connectivity index is 1.41. The maximum Gasteiger partial charge on any atom is 0.228 e. The van der Waals surface area contributed by atoms with Crippen LogP contribution < -0.4 is 0 Å². The lowest BCUT2D eigenvalue weighted by molar-refractivity contribution is -0.137. The largest absolute Gasteiger partial charge is 0.467 e. The van der Waals surface area contributed by atoms with Gasteiger partial charge in [-0.1, -0.05) is 6.92 Å². The first-order valence-corrected chi connectivity index (χ1v) is 8.65. The molecular formula is C17H21N5O3. The number of fused-ring (bicyclic) bond motifs is 1. The zero-order chi connectivity index (χ0) is 17.4. The van der Waals surface area contributed by atoms with Gasteiger partial charge in [-0.3, -0.25) is 9.59 Å². The topological polar surface area (TPSA) is 84.5 Å². The van der Waals surface area contributed by atoms with Gasteiger partial charge in [0.1, 0.15) is 11.6 Å². The van der Waals surface area contributed by atoms with E-state index in [-0.39, 0.29) is 24.2 Å². The summed E-state index contributed by atoms with van der Waals surface area (Å²) in [5.74, 6) is 2.27. The number of aromatic nitrogens is 3. The van der Waals surface area contributed by atoms with Crippen LogP contribution in [0, 0.1) is 5.92 Å². The number of carbonyl (C=O) groups excluding carboxylic acids is 2. The highest BCUT2D eigenvalue weighted by Crippen LogP contribution is 2.24. The van der Waals surface area contributed by atoms with Crippen molar-refractivity contribution in [2.45, 2.75) is 39.4 Å². The SMILES string of the molecule is CCc1nnc2n1CCN(C(=O)[C@H]1CC(=O)N(Cc3ccco3)C1)C2. The van der Waals surface area contributed by atoms with Gasteiger partial charge in [-0.15, -0.1) is 10.2 Å². The van der Waals surface area contributed by atoms with E-state index in [0.29, 0.717) is 32.7 Å². The van der Waals surface area contributed by atoms with Crippen LogP contribution in [0.25, 0.3) is 0 Å². The quantitative estimate of drug-likeness (QED) is 0.821. The molecule has 0 bridgehead atoms. The standard InChI is InChI=1S/C17H21N5O3/c1-2-14-18-19-15-11-20(5-6-22(14)15)17(24)12-8-16(23)21(9-12)10-13-4-3-7-25-13/h3-4,7,12H,2,5-6,8-11H2,1H3/t12-/m0/s1. The molecule has 0 spiro atoms. The average Bonchev–Trinajstić information content (AvgIpc) is 3.35. The van der Waals surface area contributed by atoms with Crippen LogP contribution in [0.5, 0.6) is 0 Å². The molecule has 4 rings (SSSR count). The molecule has 25 heavy (non-hydrogen) atoms. The van der Waals surface area contributed by atoms with Gasteiger partial charge in [0.15, 0.2) is 5.82 Å². The summed E-state index contributed by atoms with van der Waals surface area (Å²) in [6, 6.07) is 3.64. The Morgan fingerprint density at radius 1 is 1.36 bits per heavy atom. The predicted octanol–water partition coefficient (Wildman–Crippen LogP) is 0.824. The van der Waals surface area contributed by atoms with Crippen LogP contribution in [-0.2, 0) is 35.6 Å². The Kier molecular flexibility index (Phi) is 4.03. The van der Waals surface area contributed by atoms with E-state index in [0.717, 1.165) is 23.8 Å². The first-order valence-electron chi connectivity index (χ1n) is 8.65. The van der Waals surface area contributed by atoms with Gasteiger partial charge in [-0.2, -0.15) is 0 Å². The molecule has 2 aromatic rings. The highest BCUT2D eigenvalue weighted by molar-refractivity contribution is 5.89. The van der Waals surface area contributed by atoms with Crippen LogP contribution in [-0.4, -0.2) is 49.5 Å². The second-order valence-electron chi connectivity index (χ2n) is 6.55. The Morgan fingerprint density at radius 3 is 3.00 bits per heavy atom. The van der Waals surface area contributed by atoms with Crippen molar-refractivity contribution in [2.75, 3.05) is 13.1 Å². The van der Waals surface area contributed by atoms with E-state index in [1.165, 1.54) is 0 Å². The van der Waals surface area contributed by atoms with E-state index < -0.39 is 0 Å². The van der Waals surface area contributed by atoms with Crippen LogP contribution in [0.1, 0.15) is 30.8 Å². The molecule has 4 heterocycles.